The van der Waals surface area contributed by atoms with Crippen LogP contribution >= 0.6 is 11.6 Å². The van der Waals surface area contributed by atoms with Crippen LogP contribution < -0.4 is 5.32 Å². The lowest BCUT2D eigenvalue weighted by Gasteiger charge is -2.01. The van der Waals surface area contributed by atoms with E-state index in [0.717, 1.165) is 22.2 Å². The molecule has 0 saturated carbocycles. The Morgan fingerprint density at radius 2 is 2.11 bits per heavy atom. The van der Waals surface area contributed by atoms with E-state index in [1.165, 1.54) is 0 Å². The van der Waals surface area contributed by atoms with Gasteiger partial charge in [0.15, 0.2) is 5.22 Å². The van der Waals surface area contributed by atoms with Gasteiger partial charge in [0, 0.05) is 37.3 Å². The lowest BCUT2D eigenvalue weighted by Crippen LogP contribution is -2.13. The molecule has 0 saturated heterocycles. The maximum absolute atomic E-state index is 6.13. The SMILES string of the molecule is Cn1ccc(CNCc2c(Cl)oc3ccccc23)n1. The molecule has 98 valence electrons. The summed E-state index contributed by atoms with van der Waals surface area (Å²) in [5, 5.41) is 9.15. The van der Waals surface area contributed by atoms with Crippen molar-refractivity contribution in [2.45, 2.75) is 13.1 Å². The maximum Gasteiger partial charge on any atom is 0.199 e. The third-order valence-electron chi connectivity index (χ3n) is 3.03. The van der Waals surface area contributed by atoms with Crippen LogP contribution in [0.15, 0.2) is 40.9 Å². The van der Waals surface area contributed by atoms with Gasteiger partial charge in [0.2, 0.25) is 0 Å². The van der Waals surface area contributed by atoms with Gasteiger partial charge in [-0.1, -0.05) is 18.2 Å². The molecule has 5 heteroatoms. The number of para-hydroxylation sites is 1. The highest BCUT2D eigenvalue weighted by Crippen LogP contribution is 2.29. The summed E-state index contributed by atoms with van der Waals surface area (Å²) in [5.41, 5.74) is 2.82. The molecule has 0 unspecified atom stereocenters. The van der Waals surface area contributed by atoms with E-state index in [1.54, 1.807) is 4.68 Å². The Morgan fingerprint density at radius 1 is 1.26 bits per heavy atom. The van der Waals surface area contributed by atoms with Crippen molar-refractivity contribution in [3.8, 4) is 0 Å². The minimum Gasteiger partial charge on any atom is -0.444 e. The molecule has 19 heavy (non-hydrogen) atoms. The van der Waals surface area contributed by atoms with Gasteiger partial charge in [-0.25, -0.2) is 0 Å². The Labute approximate surface area is 116 Å². The summed E-state index contributed by atoms with van der Waals surface area (Å²) in [4.78, 5) is 0. The number of rotatable bonds is 4. The summed E-state index contributed by atoms with van der Waals surface area (Å²) in [5.74, 6) is 0. The van der Waals surface area contributed by atoms with E-state index < -0.39 is 0 Å². The molecule has 0 bridgehead atoms. The van der Waals surface area contributed by atoms with E-state index in [4.69, 9.17) is 16.0 Å². The van der Waals surface area contributed by atoms with E-state index >= 15 is 0 Å². The smallest absolute Gasteiger partial charge is 0.199 e. The number of nitrogens with zero attached hydrogens (tertiary/aromatic N) is 2. The lowest BCUT2D eigenvalue weighted by atomic mass is 10.2. The molecule has 0 atom stereocenters. The van der Waals surface area contributed by atoms with Crippen molar-refractivity contribution >= 4 is 22.6 Å². The molecule has 3 aromatic rings. The first-order valence-corrected chi connectivity index (χ1v) is 6.47. The number of benzene rings is 1. The molecular formula is C14H14ClN3O. The van der Waals surface area contributed by atoms with Gasteiger partial charge in [-0.05, 0) is 23.7 Å². The minimum absolute atomic E-state index is 0.453. The molecule has 0 radical (unpaired) electrons. The molecule has 1 N–H and O–H groups in total. The van der Waals surface area contributed by atoms with Gasteiger partial charge in [-0.15, -0.1) is 0 Å². The monoisotopic (exact) mass is 275 g/mol. The molecule has 0 fully saturated rings. The minimum atomic E-state index is 0.453. The Morgan fingerprint density at radius 3 is 2.89 bits per heavy atom. The third-order valence-corrected chi connectivity index (χ3v) is 3.33. The molecule has 0 aliphatic rings. The van der Waals surface area contributed by atoms with Crippen LogP contribution in [0, 0.1) is 0 Å². The molecule has 0 aliphatic heterocycles. The van der Waals surface area contributed by atoms with Crippen molar-refractivity contribution in [2.24, 2.45) is 7.05 Å². The first-order chi connectivity index (χ1) is 9.24. The van der Waals surface area contributed by atoms with Gasteiger partial charge < -0.3 is 9.73 Å². The Bertz CT molecular complexity index is 702. The topological polar surface area (TPSA) is 43.0 Å². The third kappa shape index (κ3) is 2.50. The average molecular weight is 276 g/mol. The van der Waals surface area contributed by atoms with Crippen molar-refractivity contribution in [1.29, 1.82) is 0 Å². The largest absolute Gasteiger partial charge is 0.444 e. The van der Waals surface area contributed by atoms with E-state index in [1.807, 2.05) is 43.6 Å². The Kier molecular flexibility index (Phi) is 3.27. The Hall–Kier alpha value is -1.78. The lowest BCUT2D eigenvalue weighted by molar-refractivity contribution is 0.601. The van der Waals surface area contributed by atoms with Crippen molar-refractivity contribution in [3.63, 3.8) is 0 Å². The number of aromatic nitrogens is 2. The van der Waals surface area contributed by atoms with Gasteiger partial charge >= 0.3 is 0 Å². The van der Waals surface area contributed by atoms with E-state index in [9.17, 15) is 0 Å². The predicted octanol–water partition coefficient (Wildman–Crippen LogP) is 3.11. The normalized spacial score (nSPS) is 11.3. The summed E-state index contributed by atoms with van der Waals surface area (Å²) in [6.45, 7) is 1.36. The summed E-state index contributed by atoms with van der Waals surface area (Å²) < 4.78 is 7.30. The summed E-state index contributed by atoms with van der Waals surface area (Å²) in [6.07, 6.45) is 1.93. The highest BCUT2D eigenvalue weighted by Gasteiger charge is 2.11. The quantitative estimate of drug-likeness (QED) is 0.796. The van der Waals surface area contributed by atoms with Crippen LogP contribution in [0.3, 0.4) is 0 Å². The number of furan rings is 1. The molecule has 3 rings (SSSR count). The van der Waals surface area contributed by atoms with Crippen molar-refractivity contribution in [1.82, 2.24) is 15.1 Å². The zero-order valence-corrected chi connectivity index (χ0v) is 11.3. The summed E-state index contributed by atoms with van der Waals surface area (Å²) in [6, 6.07) is 9.84. The van der Waals surface area contributed by atoms with E-state index in [2.05, 4.69) is 10.4 Å². The van der Waals surface area contributed by atoms with Crippen LogP contribution in [0.2, 0.25) is 5.22 Å². The first-order valence-electron chi connectivity index (χ1n) is 6.09. The van der Waals surface area contributed by atoms with Gasteiger partial charge in [0.1, 0.15) is 5.58 Å². The van der Waals surface area contributed by atoms with Crippen LogP contribution in [-0.4, -0.2) is 9.78 Å². The van der Waals surface area contributed by atoms with Gasteiger partial charge in [0.25, 0.3) is 0 Å². The number of halogens is 1. The molecule has 0 aliphatic carbocycles. The van der Waals surface area contributed by atoms with Crippen LogP contribution in [0.25, 0.3) is 11.0 Å². The molecule has 2 aromatic heterocycles. The fourth-order valence-electron chi connectivity index (χ4n) is 2.11. The zero-order chi connectivity index (χ0) is 13.2. The number of aryl methyl sites for hydroxylation is 1. The second-order valence-electron chi connectivity index (χ2n) is 4.43. The van der Waals surface area contributed by atoms with Crippen molar-refractivity contribution in [3.05, 3.63) is 53.0 Å². The van der Waals surface area contributed by atoms with E-state index in [-0.39, 0.29) is 0 Å². The van der Waals surface area contributed by atoms with Crippen LogP contribution in [0.5, 0.6) is 0 Å². The number of hydrogen-bond donors (Lipinski definition) is 1. The first kappa shape index (κ1) is 12.3. The molecule has 1 aromatic carbocycles. The predicted molar refractivity (Wildman–Crippen MR) is 75.0 cm³/mol. The average Bonchev–Trinajstić information content (AvgIpc) is 2.94. The Balaban J connectivity index is 1.73. The zero-order valence-electron chi connectivity index (χ0n) is 10.6. The number of nitrogens with one attached hydrogen (secondary N) is 1. The molecule has 2 heterocycles. The summed E-state index contributed by atoms with van der Waals surface area (Å²) >= 11 is 6.13. The van der Waals surface area contributed by atoms with Gasteiger partial charge in [0.05, 0.1) is 5.69 Å². The van der Waals surface area contributed by atoms with Gasteiger partial charge in [-0.3, -0.25) is 4.68 Å². The second-order valence-corrected chi connectivity index (χ2v) is 4.78. The van der Waals surface area contributed by atoms with E-state index in [0.29, 0.717) is 18.3 Å². The maximum atomic E-state index is 6.13. The van der Waals surface area contributed by atoms with Crippen LogP contribution in [0.1, 0.15) is 11.3 Å². The fourth-order valence-corrected chi connectivity index (χ4v) is 2.36. The van der Waals surface area contributed by atoms with Crippen LogP contribution in [0.4, 0.5) is 0 Å². The van der Waals surface area contributed by atoms with Crippen molar-refractivity contribution < 1.29 is 4.42 Å². The van der Waals surface area contributed by atoms with Crippen LogP contribution in [-0.2, 0) is 20.1 Å². The molecule has 4 nitrogen and oxygen atoms in total. The molecular weight excluding hydrogens is 262 g/mol. The number of hydrogen-bond acceptors (Lipinski definition) is 3. The van der Waals surface area contributed by atoms with Gasteiger partial charge in [-0.2, -0.15) is 5.10 Å². The molecule has 0 amide bonds. The summed E-state index contributed by atoms with van der Waals surface area (Å²) in [7, 11) is 1.91. The highest BCUT2D eigenvalue weighted by atomic mass is 35.5. The highest BCUT2D eigenvalue weighted by molar-refractivity contribution is 6.30. The number of fused-ring (bicyclic) bond motifs is 1. The van der Waals surface area contributed by atoms with Crippen molar-refractivity contribution in [2.75, 3.05) is 0 Å². The molecule has 0 spiro atoms. The standard InChI is InChI=1S/C14H14ClN3O/c1-18-7-6-10(17-18)8-16-9-12-11-4-2-3-5-13(11)19-14(12)15/h2-7,16H,8-9H2,1H3. The second kappa shape index (κ2) is 5.07. The fraction of sp³-hybridized carbons (Fsp3) is 0.214.